The van der Waals surface area contributed by atoms with Gasteiger partial charge in [0.2, 0.25) is 5.91 Å². The summed E-state index contributed by atoms with van der Waals surface area (Å²) < 4.78 is 2.20. The standard InChI is InChI=1S/C20H19BrN4O2/c1-12-5-6-17-13(7-12)8-16-19(24-17)22-11-25(20(16)27)10-18(26)23-15-4-2-3-14(21)9-15/h2-4,8-9,11-12H,5-7,10H2,1H3,(H,23,26)/t12-/m1/s1. The molecule has 0 fully saturated rings. The van der Waals surface area contributed by atoms with Crippen LogP contribution in [0.1, 0.15) is 24.6 Å². The molecule has 0 bridgehead atoms. The number of carbonyl (C=O) groups excluding carboxylic acids is 1. The van der Waals surface area contributed by atoms with Gasteiger partial charge in [-0.1, -0.05) is 28.9 Å². The lowest BCUT2D eigenvalue weighted by Gasteiger charge is -2.20. The summed E-state index contributed by atoms with van der Waals surface area (Å²) >= 11 is 3.37. The second-order valence-electron chi connectivity index (χ2n) is 7.05. The molecule has 138 valence electrons. The first kappa shape index (κ1) is 17.9. The highest BCUT2D eigenvalue weighted by Gasteiger charge is 2.19. The second kappa shape index (κ2) is 7.23. The van der Waals surface area contributed by atoms with Gasteiger partial charge in [-0.05, 0) is 55.0 Å². The number of pyridine rings is 1. The van der Waals surface area contributed by atoms with E-state index in [1.807, 2.05) is 18.2 Å². The number of nitrogens with zero attached hydrogens (tertiary/aromatic N) is 3. The van der Waals surface area contributed by atoms with Crippen molar-refractivity contribution >= 4 is 38.6 Å². The topological polar surface area (TPSA) is 76.9 Å². The minimum atomic E-state index is -0.282. The molecule has 0 radical (unpaired) electrons. The number of hydrogen-bond acceptors (Lipinski definition) is 4. The van der Waals surface area contributed by atoms with Gasteiger partial charge in [0, 0.05) is 15.9 Å². The fraction of sp³-hybridized carbons (Fsp3) is 0.300. The molecule has 4 rings (SSSR count). The van der Waals surface area contributed by atoms with E-state index < -0.39 is 0 Å². The molecule has 1 aliphatic rings. The third-order valence-electron chi connectivity index (χ3n) is 4.85. The summed E-state index contributed by atoms with van der Waals surface area (Å²) in [5.74, 6) is 0.308. The van der Waals surface area contributed by atoms with Crippen LogP contribution in [0.25, 0.3) is 11.0 Å². The number of anilines is 1. The van der Waals surface area contributed by atoms with Crippen LogP contribution in [0.4, 0.5) is 5.69 Å². The molecule has 2 aromatic heterocycles. The van der Waals surface area contributed by atoms with Crippen molar-refractivity contribution in [2.75, 3.05) is 5.32 Å². The van der Waals surface area contributed by atoms with E-state index in [1.54, 1.807) is 12.1 Å². The molecule has 1 N–H and O–H groups in total. The molecule has 0 spiro atoms. The number of fused-ring (bicyclic) bond motifs is 2. The van der Waals surface area contributed by atoms with Crippen LogP contribution in [0, 0.1) is 5.92 Å². The number of aromatic nitrogens is 3. The smallest absolute Gasteiger partial charge is 0.263 e. The zero-order valence-electron chi connectivity index (χ0n) is 14.9. The van der Waals surface area contributed by atoms with Gasteiger partial charge in [0.15, 0.2) is 5.65 Å². The molecule has 1 aromatic carbocycles. The van der Waals surface area contributed by atoms with Crippen molar-refractivity contribution in [3.05, 3.63) is 62.7 Å². The molecule has 3 aromatic rings. The minimum Gasteiger partial charge on any atom is -0.324 e. The molecule has 6 nitrogen and oxygen atoms in total. The maximum Gasteiger partial charge on any atom is 0.263 e. The summed E-state index contributed by atoms with van der Waals surface area (Å²) in [5.41, 5.74) is 3.05. The highest BCUT2D eigenvalue weighted by Crippen LogP contribution is 2.25. The van der Waals surface area contributed by atoms with Gasteiger partial charge in [0.05, 0.1) is 5.39 Å². The van der Waals surface area contributed by atoms with E-state index in [-0.39, 0.29) is 18.0 Å². The van der Waals surface area contributed by atoms with Crippen molar-refractivity contribution in [2.45, 2.75) is 32.7 Å². The molecule has 0 saturated carbocycles. The van der Waals surface area contributed by atoms with Crippen LogP contribution in [-0.4, -0.2) is 20.4 Å². The normalized spacial score (nSPS) is 16.1. The molecule has 1 atom stereocenters. The Bertz CT molecular complexity index is 1090. The highest BCUT2D eigenvalue weighted by molar-refractivity contribution is 9.10. The van der Waals surface area contributed by atoms with E-state index in [0.29, 0.717) is 22.6 Å². The fourth-order valence-corrected chi connectivity index (χ4v) is 3.86. The number of rotatable bonds is 3. The highest BCUT2D eigenvalue weighted by atomic mass is 79.9. The van der Waals surface area contributed by atoms with E-state index in [2.05, 4.69) is 38.1 Å². The summed E-state index contributed by atoms with van der Waals surface area (Å²) in [4.78, 5) is 34.0. The van der Waals surface area contributed by atoms with Crippen LogP contribution < -0.4 is 10.9 Å². The first-order valence-corrected chi connectivity index (χ1v) is 9.72. The zero-order chi connectivity index (χ0) is 19.0. The molecule has 1 aliphatic carbocycles. The van der Waals surface area contributed by atoms with Crippen molar-refractivity contribution in [2.24, 2.45) is 5.92 Å². The third-order valence-corrected chi connectivity index (χ3v) is 5.34. The molecule has 27 heavy (non-hydrogen) atoms. The van der Waals surface area contributed by atoms with Crippen molar-refractivity contribution in [1.82, 2.24) is 14.5 Å². The van der Waals surface area contributed by atoms with Gasteiger partial charge >= 0.3 is 0 Å². The van der Waals surface area contributed by atoms with Crippen molar-refractivity contribution in [3.63, 3.8) is 0 Å². The van der Waals surface area contributed by atoms with Crippen LogP contribution >= 0.6 is 15.9 Å². The molecule has 1 amide bonds. The molecule has 0 aliphatic heterocycles. The number of nitrogens with one attached hydrogen (secondary N) is 1. The first-order valence-electron chi connectivity index (χ1n) is 8.93. The molecular formula is C20H19BrN4O2. The SMILES string of the molecule is C[C@@H]1CCc2nc3ncn(CC(=O)Nc4cccc(Br)c4)c(=O)c3cc2C1. The van der Waals surface area contributed by atoms with E-state index in [4.69, 9.17) is 0 Å². The van der Waals surface area contributed by atoms with Gasteiger partial charge in [-0.15, -0.1) is 0 Å². The average molecular weight is 427 g/mol. The molecular weight excluding hydrogens is 408 g/mol. The number of carbonyl (C=O) groups is 1. The van der Waals surface area contributed by atoms with E-state index in [0.717, 1.165) is 35.0 Å². The Morgan fingerprint density at radius 2 is 2.22 bits per heavy atom. The Hall–Kier alpha value is -2.54. The Balaban J connectivity index is 1.61. The summed E-state index contributed by atoms with van der Waals surface area (Å²) in [5, 5.41) is 3.26. The Kier molecular flexibility index (Phi) is 4.78. The number of benzene rings is 1. The summed E-state index contributed by atoms with van der Waals surface area (Å²) in [6.45, 7) is 2.11. The maximum absolute atomic E-state index is 12.8. The van der Waals surface area contributed by atoms with Gasteiger partial charge in [-0.25, -0.2) is 9.97 Å². The summed E-state index contributed by atoms with van der Waals surface area (Å²) in [7, 11) is 0. The first-order chi connectivity index (χ1) is 13.0. The van der Waals surface area contributed by atoms with Crippen LogP contribution in [-0.2, 0) is 24.2 Å². The van der Waals surface area contributed by atoms with Gasteiger partial charge < -0.3 is 5.32 Å². The number of hydrogen-bond donors (Lipinski definition) is 1. The van der Waals surface area contributed by atoms with E-state index in [9.17, 15) is 9.59 Å². The number of aryl methyl sites for hydroxylation is 1. The summed E-state index contributed by atoms with van der Waals surface area (Å²) in [6.07, 6.45) is 4.36. The predicted molar refractivity (Wildman–Crippen MR) is 108 cm³/mol. The van der Waals surface area contributed by atoms with E-state index >= 15 is 0 Å². The monoisotopic (exact) mass is 426 g/mol. The Labute approximate surface area is 164 Å². The zero-order valence-corrected chi connectivity index (χ0v) is 16.5. The number of amides is 1. The van der Waals surface area contributed by atoms with E-state index in [1.165, 1.54) is 10.9 Å². The predicted octanol–water partition coefficient (Wildman–Crippen LogP) is 3.32. The summed E-state index contributed by atoms with van der Waals surface area (Å²) in [6, 6.07) is 9.21. The lowest BCUT2D eigenvalue weighted by Crippen LogP contribution is -2.28. The van der Waals surface area contributed by atoms with Crippen molar-refractivity contribution < 1.29 is 4.79 Å². The lowest BCUT2D eigenvalue weighted by molar-refractivity contribution is -0.116. The molecule has 0 saturated heterocycles. The molecule has 0 unspecified atom stereocenters. The fourth-order valence-electron chi connectivity index (χ4n) is 3.46. The molecule has 7 heteroatoms. The van der Waals surface area contributed by atoms with Gasteiger partial charge in [-0.3, -0.25) is 14.2 Å². The van der Waals surface area contributed by atoms with Gasteiger partial charge in [0.25, 0.3) is 5.56 Å². The van der Waals surface area contributed by atoms with Crippen LogP contribution in [0.15, 0.2) is 45.9 Å². The van der Waals surface area contributed by atoms with Gasteiger partial charge in [0.1, 0.15) is 12.9 Å². The lowest BCUT2D eigenvalue weighted by atomic mass is 9.87. The van der Waals surface area contributed by atoms with Crippen LogP contribution in [0.3, 0.4) is 0 Å². The third kappa shape index (κ3) is 3.78. The van der Waals surface area contributed by atoms with Crippen LogP contribution in [0.5, 0.6) is 0 Å². The second-order valence-corrected chi connectivity index (χ2v) is 7.97. The molecule has 2 heterocycles. The maximum atomic E-state index is 12.8. The number of halogens is 1. The van der Waals surface area contributed by atoms with Crippen molar-refractivity contribution in [3.8, 4) is 0 Å². The largest absolute Gasteiger partial charge is 0.324 e. The Morgan fingerprint density at radius 3 is 3.04 bits per heavy atom. The Morgan fingerprint density at radius 1 is 1.37 bits per heavy atom. The van der Waals surface area contributed by atoms with Crippen molar-refractivity contribution in [1.29, 1.82) is 0 Å². The van der Waals surface area contributed by atoms with Crippen LogP contribution in [0.2, 0.25) is 0 Å². The quantitative estimate of drug-likeness (QED) is 0.696. The minimum absolute atomic E-state index is 0.0955. The average Bonchev–Trinajstić information content (AvgIpc) is 2.63. The van der Waals surface area contributed by atoms with Gasteiger partial charge in [-0.2, -0.15) is 0 Å².